The van der Waals surface area contributed by atoms with E-state index in [0.29, 0.717) is 18.2 Å². The zero-order chi connectivity index (χ0) is 11.5. The van der Waals surface area contributed by atoms with E-state index in [1.165, 1.54) is 0 Å². The SMILES string of the molecule is CNC1CC(C(=O)CC#CC(C)(C)C)C1. The van der Waals surface area contributed by atoms with Gasteiger partial charge >= 0.3 is 0 Å². The number of hydrogen-bond acceptors (Lipinski definition) is 2. The summed E-state index contributed by atoms with van der Waals surface area (Å²) in [4.78, 5) is 11.6. The van der Waals surface area contributed by atoms with Crippen LogP contribution in [0.2, 0.25) is 0 Å². The molecule has 0 aromatic rings. The van der Waals surface area contributed by atoms with Gasteiger partial charge in [0.2, 0.25) is 0 Å². The standard InChI is InChI=1S/C13H21NO/c1-13(2,3)7-5-6-12(15)10-8-11(9-10)14-4/h10-11,14H,6,8-9H2,1-4H3. The Morgan fingerprint density at radius 3 is 2.47 bits per heavy atom. The van der Waals surface area contributed by atoms with Crippen molar-refractivity contribution in [2.75, 3.05) is 7.05 Å². The number of carbonyl (C=O) groups excluding carboxylic acids is 1. The van der Waals surface area contributed by atoms with E-state index in [2.05, 4.69) is 37.9 Å². The summed E-state index contributed by atoms with van der Waals surface area (Å²) >= 11 is 0. The van der Waals surface area contributed by atoms with Crippen molar-refractivity contribution in [3.8, 4) is 11.8 Å². The van der Waals surface area contributed by atoms with Crippen LogP contribution in [0.15, 0.2) is 0 Å². The van der Waals surface area contributed by atoms with Gasteiger partial charge in [0.25, 0.3) is 0 Å². The van der Waals surface area contributed by atoms with Crippen LogP contribution < -0.4 is 5.32 Å². The quantitative estimate of drug-likeness (QED) is 0.717. The zero-order valence-electron chi connectivity index (χ0n) is 10.2. The average Bonchev–Trinajstić information content (AvgIpc) is 1.99. The second-order valence-corrected chi connectivity index (χ2v) is 5.35. The van der Waals surface area contributed by atoms with E-state index in [0.717, 1.165) is 12.8 Å². The Labute approximate surface area is 92.8 Å². The molecular weight excluding hydrogens is 186 g/mol. The topological polar surface area (TPSA) is 29.1 Å². The maximum atomic E-state index is 11.6. The van der Waals surface area contributed by atoms with E-state index >= 15 is 0 Å². The molecule has 1 N–H and O–H groups in total. The van der Waals surface area contributed by atoms with Crippen LogP contribution in [0.1, 0.15) is 40.0 Å². The third kappa shape index (κ3) is 4.05. The van der Waals surface area contributed by atoms with Crippen molar-refractivity contribution in [3.63, 3.8) is 0 Å². The first-order chi connectivity index (χ1) is 6.92. The van der Waals surface area contributed by atoms with E-state index in [4.69, 9.17) is 0 Å². The molecule has 0 saturated heterocycles. The summed E-state index contributed by atoms with van der Waals surface area (Å²) in [5.41, 5.74) is 0.00734. The van der Waals surface area contributed by atoms with Gasteiger partial charge in [-0.3, -0.25) is 4.79 Å². The number of carbonyl (C=O) groups is 1. The van der Waals surface area contributed by atoms with Crippen LogP contribution in [-0.4, -0.2) is 18.9 Å². The Hall–Kier alpha value is -0.810. The Morgan fingerprint density at radius 1 is 1.40 bits per heavy atom. The van der Waals surface area contributed by atoms with E-state index in [1.54, 1.807) is 0 Å². The molecule has 1 rings (SSSR count). The van der Waals surface area contributed by atoms with Crippen molar-refractivity contribution in [3.05, 3.63) is 0 Å². The van der Waals surface area contributed by atoms with E-state index in [-0.39, 0.29) is 11.3 Å². The molecule has 84 valence electrons. The van der Waals surface area contributed by atoms with Crippen LogP contribution >= 0.6 is 0 Å². The highest BCUT2D eigenvalue weighted by molar-refractivity contribution is 5.84. The predicted molar refractivity (Wildman–Crippen MR) is 62.4 cm³/mol. The first-order valence-electron chi connectivity index (χ1n) is 5.62. The van der Waals surface area contributed by atoms with Gasteiger partial charge in [0.15, 0.2) is 0 Å². The lowest BCUT2D eigenvalue weighted by Crippen LogP contribution is -2.42. The lowest BCUT2D eigenvalue weighted by atomic mass is 9.77. The molecule has 0 aromatic heterocycles. The molecule has 1 aliphatic rings. The number of nitrogens with one attached hydrogen (secondary N) is 1. The molecule has 1 aliphatic carbocycles. The van der Waals surface area contributed by atoms with Crippen molar-refractivity contribution in [1.82, 2.24) is 5.32 Å². The maximum Gasteiger partial charge on any atom is 0.147 e. The van der Waals surface area contributed by atoms with Crippen LogP contribution in [0.5, 0.6) is 0 Å². The van der Waals surface area contributed by atoms with Crippen molar-refractivity contribution in [2.45, 2.75) is 46.1 Å². The molecule has 15 heavy (non-hydrogen) atoms. The van der Waals surface area contributed by atoms with Crippen molar-refractivity contribution >= 4 is 5.78 Å². The lowest BCUT2D eigenvalue weighted by Gasteiger charge is -2.33. The summed E-state index contributed by atoms with van der Waals surface area (Å²) in [6.07, 6.45) is 2.41. The van der Waals surface area contributed by atoms with Gasteiger partial charge in [-0.15, -0.1) is 0 Å². The molecular formula is C13H21NO. The van der Waals surface area contributed by atoms with Crippen LogP contribution in [0, 0.1) is 23.2 Å². The molecule has 0 atom stereocenters. The summed E-state index contributed by atoms with van der Waals surface area (Å²) in [6.45, 7) is 6.18. The van der Waals surface area contributed by atoms with Gasteiger partial charge in [-0.05, 0) is 40.7 Å². The minimum Gasteiger partial charge on any atom is -0.317 e. The third-order valence-electron chi connectivity index (χ3n) is 2.73. The Bertz CT molecular complexity index is 284. The molecule has 0 heterocycles. The van der Waals surface area contributed by atoms with Crippen molar-refractivity contribution in [2.24, 2.45) is 11.3 Å². The molecule has 0 aromatic carbocycles. The van der Waals surface area contributed by atoms with Crippen molar-refractivity contribution < 1.29 is 4.79 Å². The molecule has 2 heteroatoms. The Balaban J connectivity index is 2.28. The highest BCUT2D eigenvalue weighted by Crippen LogP contribution is 2.28. The molecule has 1 fully saturated rings. The van der Waals surface area contributed by atoms with Gasteiger partial charge in [-0.25, -0.2) is 0 Å². The largest absolute Gasteiger partial charge is 0.317 e. The number of ketones is 1. The van der Waals surface area contributed by atoms with Gasteiger partial charge in [-0.1, -0.05) is 11.8 Å². The third-order valence-corrected chi connectivity index (χ3v) is 2.73. The molecule has 2 nitrogen and oxygen atoms in total. The second kappa shape index (κ2) is 4.81. The fraction of sp³-hybridized carbons (Fsp3) is 0.769. The van der Waals surface area contributed by atoms with Gasteiger partial charge in [0.05, 0.1) is 6.42 Å². The summed E-state index contributed by atoms with van der Waals surface area (Å²) < 4.78 is 0. The Morgan fingerprint density at radius 2 is 2.00 bits per heavy atom. The van der Waals surface area contributed by atoms with E-state index in [9.17, 15) is 4.79 Å². The van der Waals surface area contributed by atoms with Crippen LogP contribution in [0.25, 0.3) is 0 Å². The van der Waals surface area contributed by atoms with E-state index in [1.807, 2.05) is 7.05 Å². The summed E-state index contributed by atoms with van der Waals surface area (Å²) in [5.74, 6) is 6.66. The molecule has 0 spiro atoms. The lowest BCUT2D eigenvalue weighted by molar-refractivity contribution is -0.124. The van der Waals surface area contributed by atoms with Gasteiger partial charge in [-0.2, -0.15) is 0 Å². The van der Waals surface area contributed by atoms with Crippen LogP contribution in [-0.2, 0) is 4.79 Å². The highest BCUT2D eigenvalue weighted by atomic mass is 16.1. The van der Waals surface area contributed by atoms with Gasteiger partial charge in [0, 0.05) is 17.4 Å². The minimum atomic E-state index is 0.00734. The van der Waals surface area contributed by atoms with E-state index < -0.39 is 0 Å². The first kappa shape index (κ1) is 12.3. The molecule has 0 bridgehead atoms. The molecule has 0 radical (unpaired) electrons. The normalized spacial score (nSPS) is 25.1. The minimum absolute atomic E-state index is 0.00734. The first-order valence-corrected chi connectivity index (χ1v) is 5.62. The van der Waals surface area contributed by atoms with Crippen molar-refractivity contribution in [1.29, 1.82) is 0 Å². The van der Waals surface area contributed by atoms with Gasteiger partial charge in [0.1, 0.15) is 5.78 Å². The number of rotatable bonds is 3. The number of Topliss-reactive ketones (excluding diaryl/α,β-unsaturated/α-hetero) is 1. The zero-order valence-corrected chi connectivity index (χ0v) is 10.2. The fourth-order valence-corrected chi connectivity index (χ4v) is 1.66. The molecule has 0 aliphatic heterocycles. The average molecular weight is 207 g/mol. The molecule has 0 unspecified atom stereocenters. The van der Waals surface area contributed by atoms with Crippen LogP contribution in [0.3, 0.4) is 0 Å². The van der Waals surface area contributed by atoms with Crippen LogP contribution in [0.4, 0.5) is 0 Å². The predicted octanol–water partition coefficient (Wildman–Crippen LogP) is 1.99. The van der Waals surface area contributed by atoms with Gasteiger partial charge < -0.3 is 5.32 Å². The second-order valence-electron chi connectivity index (χ2n) is 5.35. The number of hydrogen-bond donors (Lipinski definition) is 1. The highest BCUT2D eigenvalue weighted by Gasteiger charge is 2.32. The maximum absolute atomic E-state index is 11.6. The Kier molecular flexibility index (Phi) is 3.93. The monoisotopic (exact) mass is 207 g/mol. The summed E-state index contributed by atoms with van der Waals surface area (Å²) in [6, 6.07) is 0.550. The fourth-order valence-electron chi connectivity index (χ4n) is 1.66. The summed E-state index contributed by atoms with van der Waals surface area (Å²) in [5, 5.41) is 3.18. The molecule has 0 amide bonds. The smallest absolute Gasteiger partial charge is 0.147 e. The molecule has 1 saturated carbocycles. The summed E-state index contributed by atoms with van der Waals surface area (Å²) in [7, 11) is 1.95.